The molecule has 2 fully saturated rings. The molecule has 0 aromatic rings. The van der Waals surface area contributed by atoms with E-state index in [1.165, 1.54) is 44.9 Å². The molecule has 0 heterocycles. The summed E-state index contributed by atoms with van der Waals surface area (Å²) < 4.78 is 0. The third-order valence-corrected chi connectivity index (χ3v) is 6.28. The van der Waals surface area contributed by atoms with Crippen LogP contribution in [0.3, 0.4) is 0 Å². The summed E-state index contributed by atoms with van der Waals surface area (Å²) in [5.74, 6) is 2.93. The van der Waals surface area contributed by atoms with E-state index in [1.807, 2.05) is 0 Å². The lowest BCUT2D eigenvalue weighted by Crippen LogP contribution is -2.14. The van der Waals surface area contributed by atoms with Crippen molar-refractivity contribution in [2.24, 2.45) is 28.6 Å². The van der Waals surface area contributed by atoms with Gasteiger partial charge in [0.15, 0.2) is 0 Å². The van der Waals surface area contributed by atoms with Crippen LogP contribution in [0.15, 0.2) is 0 Å². The summed E-state index contributed by atoms with van der Waals surface area (Å²) in [4.78, 5) is 0. The standard InChI is InChI=1S/C17H32/c1-6-7-14(13(2)3)8-9-15-12-17(15,5)16(4)10-11-16/h13-15H,6-12H2,1-5H3. The van der Waals surface area contributed by atoms with Crippen molar-refractivity contribution in [1.82, 2.24) is 0 Å². The molecule has 0 aromatic carbocycles. The maximum Gasteiger partial charge on any atom is -0.0241 e. The Morgan fingerprint density at radius 2 is 1.76 bits per heavy atom. The lowest BCUT2D eigenvalue weighted by Gasteiger charge is -2.23. The molecule has 0 radical (unpaired) electrons. The van der Waals surface area contributed by atoms with E-state index in [2.05, 4.69) is 34.6 Å². The highest BCUT2D eigenvalue weighted by atomic mass is 14.7. The molecule has 2 aliphatic carbocycles. The van der Waals surface area contributed by atoms with Crippen molar-refractivity contribution in [3.8, 4) is 0 Å². The predicted octanol–water partition coefficient (Wildman–Crippen LogP) is 5.67. The summed E-state index contributed by atoms with van der Waals surface area (Å²) in [6.07, 6.45) is 10.3. The summed E-state index contributed by atoms with van der Waals surface area (Å²) >= 11 is 0. The molecule has 3 unspecified atom stereocenters. The van der Waals surface area contributed by atoms with Crippen LogP contribution < -0.4 is 0 Å². The monoisotopic (exact) mass is 236 g/mol. The average Bonchev–Trinajstić information content (AvgIpc) is 3.14. The van der Waals surface area contributed by atoms with Crippen molar-refractivity contribution in [1.29, 1.82) is 0 Å². The van der Waals surface area contributed by atoms with Gasteiger partial charge in [0.1, 0.15) is 0 Å². The molecule has 2 saturated carbocycles. The highest BCUT2D eigenvalue weighted by molar-refractivity contribution is 5.14. The van der Waals surface area contributed by atoms with Crippen LogP contribution in [0.4, 0.5) is 0 Å². The zero-order valence-electron chi connectivity index (χ0n) is 12.7. The number of rotatable bonds is 7. The van der Waals surface area contributed by atoms with Crippen molar-refractivity contribution in [2.75, 3.05) is 0 Å². The fourth-order valence-corrected chi connectivity index (χ4v) is 3.97. The summed E-state index contributed by atoms with van der Waals surface area (Å²) in [5, 5.41) is 0. The van der Waals surface area contributed by atoms with E-state index >= 15 is 0 Å². The van der Waals surface area contributed by atoms with Crippen LogP contribution in [0.5, 0.6) is 0 Å². The summed E-state index contributed by atoms with van der Waals surface area (Å²) in [6, 6.07) is 0. The molecule has 0 bridgehead atoms. The highest BCUT2D eigenvalue weighted by Gasteiger charge is 2.64. The van der Waals surface area contributed by atoms with Gasteiger partial charge in [-0.1, -0.05) is 47.5 Å². The van der Waals surface area contributed by atoms with E-state index in [9.17, 15) is 0 Å². The van der Waals surface area contributed by atoms with E-state index in [-0.39, 0.29) is 0 Å². The molecule has 0 nitrogen and oxygen atoms in total. The zero-order valence-corrected chi connectivity index (χ0v) is 12.7. The second-order valence-electron chi connectivity index (χ2n) is 7.75. The second-order valence-corrected chi connectivity index (χ2v) is 7.75. The Morgan fingerprint density at radius 3 is 2.24 bits per heavy atom. The Morgan fingerprint density at radius 1 is 1.12 bits per heavy atom. The third kappa shape index (κ3) is 2.56. The van der Waals surface area contributed by atoms with Gasteiger partial charge >= 0.3 is 0 Å². The predicted molar refractivity (Wildman–Crippen MR) is 76.0 cm³/mol. The Bertz CT molecular complexity index is 261. The summed E-state index contributed by atoms with van der Waals surface area (Å²) in [7, 11) is 0. The van der Waals surface area contributed by atoms with Crippen LogP contribution in [-0.4, -0.2) is 0 Å². The molecule has 2 aliphatic rings. The summed E-state index contributed by atoms with van der Waals surface area (Å²) in [6.45, 7) is 12.2. The van der Waals surface area contributed by atoms with Crippen LogP contribution in [0.1, 0.15) is 79.6 Å². The van der Waals surface area contributed by atoms with Gasteiger partial charge in [0, 0.05) is 0 Å². The highest BCUT2D eigenvalue weighted by Crippen LogP contribution is 2.74. The molecule has 0 aliphatic heterocycles. The zero-order chi connectivity index (χ0) is 12.7. The lowest BCUT2D eigenvalue weighted by molar-refractivity contribution is 0.272. The first kappa shape index (κ1) is 13.4. The first-order chi connectivity index (χ1) is 7.93. The van der Waals surface area contributed by atoms with Crippen molar-refractivity contribution < 1.29 is 0 Å². The number of hydrogen-bond acceptors (Lipinski definition) is 0. The first-order valence-electron chi connectivity index (χ1n) is 7.93. The number of hydrogen-bond donors (Lipinski definition) is 0. The van der Waals surface area contributed by atoms with Gasteiger partial charge in [0.25, 0.3) is 0 Å². The van der Waals surface area contributed by atoms with Gasteiger partial charge < -0.3 is 0 Å². The van der Waals surface area contributed by atoms with Gasteiger partial charge in [-0.05, 0) is 60.7 Å². The van der Waals surface area contributed by atoms with E-state index in [1.54, 1.807) is 0 Å². The topological polar surface area (TPSA) is 0 Å². The van der Waals surface area contributed by atoms with Crippen molar-refractivity contribution in [3.63, 3.8) is 0 Å². The molecule has 0 spiro atoms. The largest absolute Gasteiger partial charge is 0.0654 e. The van der Waals surface area contributed by atoms with Crippen molar-refractivity contribution in [3.05, 3.63) is 0 Å². The van der Waals surface area contributed by atoms with E-state index in [4.69, 9.17) is 0 Å². The van der Waals surface area contributed by atoms with Crippen LogP contribution in [0.25, 0.3) is 0 Å². The van der Waals surface area contributed by atoms with Crippen LogP contribution in [0.2, 0.25) is 0 Å². The molecule has 17 heavy (non-hydrogen) atoms. The molecular weight excluding hydrogens is 204 g/mol. The average molecular weight is 236 g/mol. The molecule has 0 N–H and O–H groups in total. The Hall–Kier alpha value is 0. The molecular formula is C17H32. The lowest BCUT2D eigenvalue weighted by atomic mass is 9.83. The van der Waals surface area contributed by atoms with Gasteiger partial charge in [-0.2, -0.15) is 0 Å². The molecule has 3 atom stereocenters. The molecule has 0 amide bonds. The molecule has 0 saturated heterocycles. The molecule has 0 aromatic heterocycles. The first-order valence-corrected chi connectivity index (χ1v) is 7.93. The Kier molecular flexibility index (Phi) is 3.63. The Balaban J connectivity index is 1.76. The van der Waals surface area contributed by atoms with E-state index in [0.29, 0.717) is 0 Å². The molecule has 0 heteroatoms. The fraction of sp³-hybridized carbons (Fsp3) is 1.00. The maximum atomic E-state index is 2.56. The van der Waals surface area contributed by atoms with Gasteiger partial charge in [0.2, 0.25) is 0 Å². The van der Waals surface area contributed by atoms with Crippen LogP contribution in [-0.2, 0) is 0 Å². The van der Waals surface area contributed by atoms with Crippen LogP contribution >= 0.6 is 0 Å². The second kappa shape index (κ2) is 4.59. The quantitative estimate of drug-likeness (QED) is 0.534. The summed E-state index contributed by atoms with van der Waals surface area (Å²) in [5.41, 5.74) is 1.48. The Labute approximate surface area is 109 Å². The van der Waals surface area contributed by atoms with E-state index in [0.717, 1.165) is 28.6 Å². The minimum absolute atomic E-state index is 0.737. The van der Waals surface area contributed by atoms with Crippen molar-refractivity contribution >= 4 is 0 Å². The SMILES string of the molecule is CCCC(CCC1CC1(C)C1(C)CC1)C(C)C. The van der Waals surface area contributed by atoms with Crippen LogP contribution in [0, 0.1) is 28.6 Å². The third-order valence-electron chi connectivity index (χ3n) is 6.28. The smallest absolute Gasteiger partial charge is 0.0241 e. The fourth-order valence-electron chi connectivity index (χ4n) is 3.97. The van der Waals surface area contributed by atoms with Crippen molar-refractivity contribution in [2.45, 2.75) is 79.6 Å². The van der Waals surface area contributed by atoms with Gasteiger partial charge in [-0.3, -0.25) is 0 Å². The minimum atomic E-state index is 0.737. The maximum absolute atomic E-state index is 2.56. The van der Waals surface area contributed by atoms with Gasteiger partial charge in [0.05, 0.1) is 0 Å². The molecule has 2 rings (SSSR count). The minimum Gasteiger partial charge on any atom is -0.0654 e. The molecule has 100 valence electrons. The van der Waals surface area contributed by atoms with E-state index < -0.39 is 0 Å². The van der Waals surface area contributed by atoms with Gasteiger partial charge in [-0.15, -0.1) is 0 Å². The van der Waals surface area contributed by atoms with Gasteiger partial charge in [-0.25, -0.2) is 0 Å². The normalized spacial score (nSPS) is 36.0.